The van der Waals surface area contributed by atoms with E-state index in [-0.39, 0.29) is 5.25 Å². The molecule has 2 aromatic rings. The van der Waals surface area contributed by atoms with Crippen LogP contribution in [0.2, 0.25) is 0 Å². The van der Waals surface area contributed by atoms with E-state index < -0.39 is 10.8 Å². The molecule has 0 amide bonds. The van der Waals surface area contributed by atoms with Crippen LogP contribution in [0, 0.1) is 0 Å². The normalized spacial score (nSPS) is 14.1. The van der Waals surface area contributed by atoms with Crippen LogP contribution in [0.15, 0.2) is 34.7 Å². The van der Waals surface area contributed by atoms with Gasteiger partial charge in [-0.1, -0.05) is 25.1 Å². The molecule has 2 atom stereocenters. The van der Waals surface area contributed by atoms with Crippen molar-refractivity contribution in [3.05, 3.63) is 36.2 Å². The van der Waals surface area contributed by atoms with Gasteiger partial charge >= 0.3 is 0 Å². The average Bonchev–Trinajstić information content (AvgIpc) is 2.93. The number of rotatable bonds is 7. The highest BCUT2D eigenvalue weighted by Crippen LogP contribution is 2.16. The molecule has 2 rings (SSSR count). The predicted molar refractivity (Wildman–Crippen MR) is 79.6 cm³/mol. The lowest BCUT2D eigenvalue weighted by atomic mass is 10.2. The fraction of sp³-hybridized carbons (Fsp3) is 0.429. The number of nitrogens with zero attached hydrogens (tertiary/aromatic N) is 2. The summed E-state index contributed by atoms with van der Waals surface area (Å²) >= 11 is 0. The minimum absolute atomic E-state index is 0.199. The van der Waals surface area contributed by atoms with Crippen molar-refractivity contribution in [1.29, 1.82) is 0 Å². The maximum absolute atomic E-state index is 11.2. The predicted octanol–water partition coefficient (Wildman–Crippen LogP) is 1.98. The molecule has 0 aliphatic carbocycles. The minimum atomic E-state index is -0.770. The van der Waals surface area contributed by atoms with Crippen LogP contribution in [0.1, 0.15) is 19.2 Å². The Balaban J connectivity index is 1.81. The lowest BCUT2D eigenvalue weighted by Crippen LogP contribution is -2.21. The lowest BCUT2D eigenvalue weighted by molar-refractivity contribution is 0.475. The summed E-state index contributed by atoms with van der Waals surface area (Å²) < 4.78 is 16.8. The number of nitrogens with one attached hydrogen (secondary N) is 1. The monoisotopic (exact) mass is 293 g/mol. The first-order valence-electron chi connectivity index (χ1n) is 6.57. The highest BCUT2D eigenvalue weighted by Gasteiger charge is 2.08. The Bertz CT molecular complexity index is 557. The first-order chi connectivity index (χ1) is 9.66. The van der Waals surface area contributed by atoms with Gasteiger partial charge in [0, 0.05) is 27.9 Å². The fourth-order valence-electron chi connectivity index (χ4n) is 1.69. The van der Waals surface area contributed by atoms with E-state index in [0.717, 1.165) is 18.5 Å². The molecule has 2 unspecified atom stereocenters. The molecule has 1 aromatic heterocycles. The van der Waals surface area contributed by atoms with Crippen LogP contribution in [-0.2, 0) is 17.3 Å². The van der Waals surface area contributed by atoms with Crippen molar-refractivity contribution < 1.29 is 8.63 Å². The van der Waals surface area contributed by atoms with E-state index in [1.54, 1.807) is 6.26 Å². The zero-order valence-electron chi connectivity index (χ0n) is 11.7. The number of hydrogen-bond acceptors (Lipinski definition) is 5. The molecular formula is C14H19N3O2S. The number of hydrogen-bond donors (Lipinski definition) is 1. The van der Waals surface area contributed by atoms with E-state index in [0.29, 0.717) is 18.3 Å². The molecule has 5 nitrogen and oxygen atoms in total. The standard InChI is InChI=1S/C14H19N3O2S/c1-11(20(2)18)8-9-15-10-13-16-17-14(19-13)12-6-4-3-5-7-12/h3-7,11,15H,8-10H2,1-2H3. The van der Waals surface area contributed by atoms with Crippen LogP contribution in [0.25, 0.3) is 11.5 Å². The zero-order chi connectivity index (χ0) is 14.4. The van der Waals surface area contributed by atoms with Gasteiger partial charge in [0.05, 0.1) is 6.54 Å². The molecule has 0 spiro atoms. The van der Waals surface area contributed by atoms with E-state index in [1.807, 2.05) is 37.3 Å². The van der Waals surface area contributed by atoms with Gasteiger partial charge in [0.25, 0.3) is 0 Å². The van der Waals surface area contributed by atoms with Gasteiger partial charge in [0.2, 0.25) is 11.8 Å². The third-order valence-corrected chi connectivity index (χ3v) is 4.43. The highest BCUT2D eigenvalue weighted by molar-refractivity contribution is 7.84. The summed E-state index contributed by atoms with van der Waals surface area (Å²) in [7, 11) is -0.770. The summed E-state index contributed by atoms with van der Waals surface area (Å²) in [5, 5.41) is 11.4. The largest absolute Gasteiger partial charge is 0.419 e. The van der Waals surface area contributed by atoms with Crippen molar-refractivity contribution in [2.24, 2.45) is 0 Å². The van der Waals surface area contributed by atoms with Crippen molar-refractivity contribution in [2.45, 2.75) is 25.1 Å². The molecule has 0 saturated heterocycles. The van der Waals surface area contributed by atoms with E-state index in [1.165, 1.54) is 0 Å². The second-order valence-corrected chi connectivity index (χ2v) is 6.44. The SMILES string of the molecule is CC(CCNCc1nnc(-c2ccccc2)o1)S(C)=O. The molecule has 1 N–H and O–H groups in total. The zero-order valence-corrected chi connectivity index (χ0v) is 12.5. The third kappa shape index (κ3) is 4.25. The van der Waals surface area contributed by atoms with Gasteiger partial charge < -0.3 is 9.73 Å². The minimum Gasteiger partial charge on any atom is -0.419 e. The van der Waals surface area contributed by atoms with Crippen LogP contribution in [0.5, 0.6) is 0 Å². The maximum atomic E-state index is 11.2. The second-order valence-electron chi connectivity index (χ2n) is 4.64. The van der Waals surface area contributed by atoms with Crippen molar-refractivity contribution in [3.63, 3.8) is 0 Å². The summed E-state index contributed by atoms with van der Waals surface area (Å²) in [5.41, 5.74) is 0.918. The number of aromatic nitrogens is 2. The van der Waals surface area contributed by atoms with Crippen molar-refractivity contribution in [2.75, 3.05) is 12.8 Å². The van der Waals surface area contributed by atoms with Gasteiger partial charge in [-0.05, 0) is 25.1 Å². The first-order valence-corrected chi connectivity index (χ1v) is 8.19. The quantitative estimate of drug-likeness (QED) is 0.791. The maximum Gasteiger partial charge on any atom is 0.247 e. The van der Waals surface area contributed by atoms with Gasteiger partial charge in [0.1, 0.15) is 0 Å². The molecule has 1 aromatic carbocycles. The third-order valence-electron chi connectivity index (χ3n) is 3.06. The Morgan fingerprint density at radius 1 is 1.30 bits per heavy atom. The van der Waals surface area contributed by atoms with Crippen LogP contribution in [0.4, 0.5) is 0 Å². The van der Waals surface area contributed by atoms with Gasteiger partial charge in [-0.15, -0.1) is 10.2 Å². The van der Waals surface area contributed by atoms with E-state index >= 15 is 0 Å². The van der Waals surface area contributed by atoms with Crippen molar-refractivity contribution in [3.8, 4) is 11.5 Å². The van der Waals surface area contributed by atoms with Gasteiger partial charge in [0.15, 0.2) is 0 Å². The van der Waals surface area contributed by atoms with Crippen molar-refractivity contribution in [1.82, 2.24) is 15.5 Å². The smallest absolute Gasteiger partial charge is 0.247 e. The Morgan fingerprint density at radius 3 is 2.75 bits per heavy atom. The van der Waals surface area contributed by atoms with Crippen LogP contribution in [0.3, 0.4) is 0 Å². The van der Waals surface area contributed by atoms with E-state index in [2.05, 4.69) is 15.5 Å². The number of benzene rings is 1. The lowest BCUT2D eigenvalue weighted by Gasteiger charge is -2.07. The average molecular weight is 293 g/mol. The molecule has 0 radical (unpaired) electrons. The van der Waals surface area contributed by atoms with Crippen LogP contribution >= 0.6 is 0 Å². The molecule has 0 aliphatic rings. The summed E-state index contributed by atoms with van der Waals surface area (Å²) in [6, 6.07) is 9.68. The Morgan fingerprint density at radius 2 is 2.05 bits per heavy atom. The first kappa shape index (κ1) is 14.9. The van der Waals surface area contributed by atoms with Gasteiger partial charge in [-0.2, -0.15) is 0 Å². The molecular weight excluding hydrogens is 274 g/mol. The molecule has 0 fully saturated rings. The highest BCUT2D eigenvalue weighted by atomic mass is 32.2. The van der Waals surface area contributed by atoms with Crippen LogP contribution < -0.4 is 5.32 Å². The Kier molecular flexibility index (Phi) is 5.43. The molecule has 20 heavy (non-hydrogen) atoms. The fourth-order valence-corrected chi connectivity index (χ4v) is 2.14. The van der Waals surface area contributed by atoms with E-state index in [9.17, 15) is 4.21 Å². The molecule has 0 saturated carbocycles. The van der Waals surface area contributed by atoms with Crippen molar-refractivity contribution >= 4 is 10.8 Å². The Labute approximate surface area is 121 Å². The summed E-state index contributed by atoms with van der Waals surface area (Å²) in [5.74, 6) is 1.10. The molecule has 0 bridgehead atoms. The van der Waals surface area contributed by atoms with Crippen LogP contribution in [-0.4, -0.2) is 32.5 Å². The molecule has 108 valence electrons. The Hall–Kier alpha value is -1.53. The molecule has 0 aliphatic heterocycles. The molecule has 6 heteroatoms. The van der Waals surface area contributed by atoms with E-state index in [4.69, 9.17) is 4.42 Å². The second kappa shape index (κ2) is 7.31. The summed E-state index contributed by atoms with van der Waals surface area (Å²) in [6.45, 7) is 3.30. The van der Waals surface area contributed by atoms with Gasteiger partial charge in [-0.25, -0.2) is 0 Å². The van der Waals surface area contributed by atoms with Gasteiger partial charge in [-0.3, -0.25) is 4.21 Å². The summed E-state index contributed by atoms with van der Waals surface area (Å²) in [4.78, 5) is 0. The topological polar surface area (TPSA) is 68.0 Å². The summed E-state index contributed by atoms with van der Waals surface area (Å²) in [6.07, 6.45) is 2.59. The molecule has 1 heterocycles.